The molecule has 1 aliphatic heterocycles. The average molecular weight is 197 g/mol. The molecule has 1 saturated carbocycles. The number of rotatable bonds is 2. The fraction of sp³-hybridized carbons (Fsp3) is 1.00. The van der Waals surface area contributed by atoms with E-state index < -0.39 is 0 Å². The minimum Gasteiger partial charge on any atom is -0.392 e. The highest BCUT2D eigenvalue weighted by molar-refractivity contribution is 4.87. The quantitative estimate of drug-likeness (QED) is 0.732. The van der Waals surface area contributed by atoms with Crippen LogP contribution in [-0.2, 0) is 0 Å². The van der Waals surface area contributed by atoms with E-state index >= 15 is 0 Å². The van der Waals surface area contributed by atoms with Crippen LogP contribution in [0.5, 0.6) is 0 Å². The van der Waals surface area contributed by atoms with Gasteiger partial charge in [0.1, 0.15) is 0 Å². The molecule has 2 aliphatic rings. The summed E-state index contributed by atoms with van der Waals surface area (Å²) < 4.78 is 0. The highest BCUT2D eigenvalue weighted by atomic mass is 16.3. The fourth-order valence-corrected chi connectivity index (χ4v) is 3.21. The lowest BCUT2D eigenvalue weighted by molar-refractivity contribution is 0.103. The minimum atomic E-state index is -0.0468. The van der Waals surface area contributed by atoms with Crippen LogP contribution in [0.3, 0.4) is 0 Å². The zero-order chi connectivity index (χ0) is 9.97. The van der Waals surface area contributed by atoms with Gasteiger partial charge < -0.3 is 5.11 Å². The molecule has 2 heteroatoms. The molecule has 82 valence electrons. The third kappa shape index (κ3) is 2.12. The van der Waals surface area contributed by atoms with Gasteiger partial charge in [-0.1, -0.05) is 26.2 Å². The number of aliphatic hydroxyl groups excluding tert-OH is 1. The zero-order valence-corrected chi connectivity index (χ0v) is 9.28. The van der Waals surface area contributed by atoms with Gasteiger partial charge in [-0.25, -0.2) is 0 Å². The van der Waals surface area contributed by atoms with Gasteiger partial charge in [0, 0.05) is 19.1 Å². The highest BCUT2D eigenvalue weighted by Crippen LogP contribution is 2.32. The summed E-state index contributed by atoms with van der Waals surface area (Å²) in [5.74, 6) is 0.897. The summed E-state index contributed by atoms with van der Waals surface area (Å²) in [6.07, 6.45) is 7.86. The van der Waals surface area contributed by atoms with E-state index in [1.807, 2.05) is 0 Å². The van der Waals surface area contributed by atoms with Crippen molar-refractivity contribution in [2.75, 3.05) is 13.1 Å². The van der Waals surface area contributed by atoms with E-state index in [2.05, 4.69) is 11.8 Å². The van der Waals surface area contributed by atoms with Gasteiger partial charge in [0.05, 0.1) is 6.10 Å². The van der Waals surface area contributed by atoms with Gasteiger partial charge in [-0.15, -0.1) is 0 Å². The van der Waals surface area contributed by atoms with Crippen molar-refractivity contribution in [1.29, 1.82) is 0 Å². The second-order valence-corrected chi connectivity index (χ2v) is 4.96. The first-order valence-corrected chi connectivity index (χ1v) is 6.23. The van der Waals surface area contributed by atoms with E-state index in [-0.39, 0.29) is 6.10 Å². The Morgan fingerprint density at radius 2 is 2.00 bits per heavy atom. The number of likely N-dealkylation sites (tertiary alicyclic amines) is 1. The van der Waals surface area contributed by atoms with Crippen LogP contribution in [0.1, 0.15) is 45.4 Å². The first-order valence-electron chi connectivity index (χ1n) is 6.23. The third-order valence-corrected chi connectivity index (χ3v) is 4.06. The van der Waals surface area contributed by atoms with Gasteiger partial charge in [0.25, 0.3) is 0 Å². The van der Waals surface area contributed by atoms with Gasteiger partial charge in [-0.3, -0.25) is 4.90 Å². The van der Waals surface area contributed by atoms with Crippen LogP contribution in [0, 0.1) is 5.92 Å². The fourth-order valence-electron chi connectivity index (χ4n) is 3.21. The van der Waals surface area contributed by atoms with Crippen molar-refractivity contribution in [3.8, 4) is 0 Å². The Balaban J connectivity index is 1.93. The molecule has 2 fully saturated rings. The SMILES string of the molecule is CC[C@H]1CCCCC1N1CC[C@H](O)C1. The van der Waals surface area contributed by atoms with Crippen LogP contribution in [0.25, 0.3) is 0 Å². The lowest BCUT2D eigenvalue weighted by Crippen LogP contribution is -2.41. The van der Waals surface area contributed by atoms with Gasteiger partial charge >= 0.3 is 0 Å². The lowest BCUT2D eigenvalue weighted by Gasteiger charge is -2.37. The standard InChI is InChI=1S/C12H23NO/c1-2-10-5-3-4-6-12(10)13-8-7-11(14)9-13/h10-12,14H,2-9H2,1H3/t10-,11-,12?/m0/s1. The van der Waals surface area contributed by atoms with E-state index in [1.54, 1.807) is 0 Å². The van der Waals surface area contributed by atoms with E-state index in [1.165, 1.54) is 32.1 Å². The molecule has 0 amide bonds. The Morgan fingerprint density at radius 3 is 2.64 bits per heavy atom. The second kappa shape index (κ2) is 4.63. The molecule has 14 heavy (non-hydrogen) atoms. The molecule has 0 spiro atoms. The molecular weight excluding hydrogens is 174 g/mol. The summed E-state index contributed by atoms with van der Waals surface area (Å²) in [6.45, 7) is 4.37. The number of hydrogen-bond acceptors (Lipinski definition) is 2. The Kier molecular flexibility index (Phi) is 3.45. The monoisotopic (exact) mass is 197 g/mol. The summed E-state index contributed by atoms with van der Waals surface area (Å²) in [6, 6.07) is 0.783. The number of nitrogens with zero attached hydrogens (tertiary/aromatic N) is 1. The van der Waals surface area contributed by atoms with Gasteiger partial charge in [0.15, 0.2) is 0 Å². The van der Waals surface area contributed by atoms with Crippen molar-refractivity contribution in [3.63, 3.8) is 0 Å². The van der Waals surface area contributed by atoms with Crippen LogP contribution < -0.4 is 0 Å². The zero-order valence-electron chi connectivity index (χ0n) is 9.28. The third-order valence-electron chi connectivity index (χ3n) is 4.06. The summed E-state index contributed by atoms with van der Waals surface area (Å²) in [4.78, 5) is 2.54. The maximum Gasteiger partial charge on any atom is 0.0679 e. The van der Waals surface area contributed by atoms with E-state index in [0.717, 1.165) is 31.5 Å². The van der Waals surface area contributed by atoms with Gasteiger partial charge in [-0.05, 0) is 25.2 Å². The Morgan fingerprint density at radius 1 is 1.21 bits per heavy atom. The van der Waals surface area contributed by atoms with Gasteiger partial charge in [0.2, 0.25) is 0 Å². The number of β-amino-alcohol motifs (C(OH)–C–C–N with tert-alkyl or cyclic N) is 1. The largest absolute Gasteiger partial charge is 0.392 e. The van der Waals surface area contributed by atoms with Crippen LogP contribution in [0.15, 0.2) is 0 Å². The molecule has 1 N–H and O–H groups in total. The topological polar surface area (TPSA) is 23.5 Å². The number of hydrogen-bond donors (Lipinski definition) is 1. The van der Waals surface area contributed by atoms with E-state index in [4.69, 9.17) is 0 Å². The molecule has 1 aliphatic carbocycles. The first kappa shape index (κ1) is 10.4. The molecule has 1 saturated heterocycles. The highest BCUT2D eigenvalue weighted by Gasteiger charge is 2.32. The summed E-state index contributed by atoms with van der Waals surface area (Å²) in [5.41, 5.74) is 0. The maximum atomic E-state index is 9.55. The number of aliphatic hydroxyl groups is 1. The molecule has 2 nitrogen and oxygen atoms in total. The summed E-state index contributed by atoms with van der Waals surface area (Å²) in [5, 5.41) is 9.55. The Labute approximate surface area is 87.3 Å². The molecule has 0 bridgehead atoms. The van der Waals surface area contributed by atoms with Crippen molar-refractivity contribution in [2.45, 2.75) is 57.6 Å². The van der Waals surface area contributed by atoms with Crippen molar-refractivity contribution >= 4 is 0 Å². The van der Waals surface area contributed by atoms with Crippen molar-refractivity contribution in [3.05, 3.63) is 0 Å². The minimum absolute atomic E-state index is 0.0468. The van der Waals surface area contributed by atoms with Crippen molar-refractivity contribution in [1.82, 2.24) is 4.90 Å². The molecule has 0 aromatic heterocycles. The van der Waals surface area contributed by atoms with Crippen LogP contribution >= 0.6 is 0 Å². The van der Waals surface area contributed by atoms with Crippen LogP contribution in [0.4, 0.5) is 0 Å². The summed E-state index contributed by atoms with van der Waals surface area (Å²) >= 11 is 0. The average Bonchev–Trinajstić information content (AvgIpc) is 2.65. The molecule has 0 aromatic rings. The normalized spacial score (nSPS) is 40.3. The van der Waals surface area contributed by atoms with Gasteiger partial charge in [-0.2, -0.15) is 0 Å². The molecule has 3 atom stereocenters. The Bertz CT molecular complexity index is 183. The summed E-state index contributed by atoms with van der Waals surface area (Å²) in [7, 11) is 0. The molecule has 0 aromatic carbocycles. The first-order chi connectivity index (χ1) is 6.81. The van der Waals surface area contributed by atoms with Crippen molar-refractivity contribution < 1.29 is 5.11 Å². The van der Waals surface area contributed by atoms with Crippen LogP contribution in [-0.4, -0.2) is 35.2 Å². The van der Waals surface area contributed by atoms with E-state index in [0.29, 0.717) is 0 Å². The van der Waals surface area contributed by atoms with E-state index in [9.17, 15) is 5.11 Å². The predicted molar refractivity (Wildman–Crippen MR) is 58.2 cm³/mol. The lowest BCUT2D eigenvalue weighted by atomic mass is 9.82. The predicted octanol–water partition coefficient (Wildman–Crippen LogP) is 2.02. The second-order valence-electron chi connectivity index (χ2n) is 4.96. The molecular formula is C12H23NO. The van der Waals surface area contributed by atoms with Crippen molar-refractivity contribution in [2.24, 2.45) is 5.92 Å². The Hall–Kier alpha value is -0.0800. The molecule has 2 rings (SSSR count). The van der Waals surface area contributed by atoms with Crippen LogP contribution in [0.2, 0.25) is 0 Å². The molecule has 1 unspecified atom stereocenters. The smallest absolute Gasteiger partial charge is 0.0679 e. The maximum absolute atomic E-state index is 9.55. The molecule has 0 radical (unpaired) electrons. The molecule has 1 heterocycles.